The molecule has 0 aromatic heterocycles. The van der Waals surface area contributed by atoms with Crippen LogP contribution in [0.1, 0.15) is 29.2 Å². The number of methoxy groups -OCH3 is 1. The summed E-state index contributed by atoms with van der Waals surface area (Å²) in [4.78, 5) is 27.9. The van der Waals surface area contributed by atoms with E-state index in [9.17, 15) is 14.7 Å². The zero-order chi connectivity index (χ0) is 22.9. The van der Waals surface area contributed by atoms with Crippen molar-refractivity contribution in [2.75, 3.05) is 18.6 Å². The molecule has 0 radical (unpaired) electrons. The number of carbonyl (C=O) groups is 2. The number of benzene rings is 3. The number of carbonyl (C=O) groups excluding carboxylic acids is 2. The molecule has 6 heteroatoms. The number of hydrogen-bond donors (Lipinski definition) is 1. The number of aryl methyl sites for hydroxylation is 1. The van der Waals surface area contributed by atoms with Gasteiger partial charge in [0, 0.05) is 11.3 Å². The van der Waals surface area contributed by atoms with Gasteiger partial charge in [-0.2, -0.15) is 0 Å². The van der Waals surface area contributed by atoms with E-state index in [0.717, 1.165) is 29.7 Å². The normalized spacial score (nSPS) is 19.2. The summed E-state index contributed by atoms with van der Waals surface area (Å²) in [5, 5.41) is 11.3. The Labute approximate surface area is 191 Å². The largest absolute Gasteiger partial charge is 0.507 e. The minimum atomic E-state index is -0.758. The molecule has 1 atom stereocenters. The Morgan fingerprint density at radius 2 is 1.79 bits per heavy atom. The van der Waals surface area contributed by atoms with Crippen LogP contribution in [0.3, 0.4) is 0 Å². The highest BCUT2D eigenvalue weighted by Crippen LogP contribution is 2.42. The van der Waals surface area contributed by atoms with Gasteiger partial charge in [-0.25, -0.2) is 0 Å². The van der Waals surface area contributed by atoms with E-state index in [0.29, 0.717) is 23.6 Å². The summed E-state index contributed by atoms with van der Waals surface area (Å²) in [5.74, 6) is -0.159. The van der Waals surface area contributed by atoms with Crippen molar-refractivity contribution in [2.45, 2.75) is 18.9 Å². The lowest BCUT2D eigenvalue weighted by molar-refractivity contribution is -0.132. The lowest BCUT2D eigenvalue weighted by Gasteiger charge is -2.25. The molecule has 6 nitrogen and oxygen atoms in total. The second-order valence-corrected chi connectivity index (χ2v) is 8.05. The van der Waals surface area contributed by atoms with Gasteiger partial charge < -0.3 is 14.6 Å². The smallest absolute Gasteiger partial charge is 0.300 e. The first-order valence-corrected chi connectivity index (χ1v) is 10.8. The number of ether oxygens (including phenoxy) is 2. The Balaban J connectivity index is 1.66. The van der Waals surface area contributed by atoms with Crippen LogP contribution in [0.2, 0.25) is 0 Å². The highest BCUT2D eigenvalue weighted by molar-refractivity contribution is 6.51. The number of rotatable bonds is 4. The maximum atomic E-state index is 13.2. The number of nitrogens with zero attached hydrogens (tertiary/aromatic N) is 1. The summed E-state index contributed by atoms with van der Waals surface area (Å²) >= 11 is 0. The topological polar surface area (TPSA) is 76.1 Å². The number of aliphatic hydroxyl groups is 1. The van der Waals surface area contributed by atoms with Gasteiger partial charge in [-0.15, -0.1) is 0 Å². The van der Waals surface area contributed by atoms with Crippen LogP contribution >= 0.6 is 0 Å². The fourth-order valence-corrected chi connectivity index (χ4v) is 4.46. The van der Waals surface area contributed by atoms with Crippen molar-refractivity contribution in [1.82, 2.24) is 0 Å². The highest BCUT2D eigenvalue weighted by atomic mass is 16.5. The van der Waals surface area contributed by atoms with E-state index in [1.54, 1.807) is 43.5 Å². The van der Waals surface area contributed by atoms with Gasteiger partial charge in [0.15, 0.2) is 0 Å². The molecule has 3 aromatic carbocycles. The third-order valence-corrected chi connectivity index (χ3v) is 6.09. The van der Waals surface area contributed by atoms with Crippen LogP contribution in [0.25, 0.3) is 5.76 Å². The van der Waals surface area contributed by atoms with Crippen LogP contribution in [0, 0.1) is 0 Å². The number of anilines is 1. The van der Waals surface area contributed by atoms with Gasteiger partial charge in [-0.1, -0.05) is 30.3 Å². The van der Waals surface area contributed by atoms with Crippen LogP contribution in [0.5, 0.6) is 11.5 Å². The first-order valence-electron chi connectivity index (χ1n) is 10.8. The van der Waals surface area contributed by atoms with Crippen molar-refractivity contribution in [2.24, 2.45) is 0 Å². The van der Waals surface area contributed by atoms with Gasteiger partial charge in [0.2, 0.25) is 0 Å². The SMILES string of the molecule is COc1ccc(N2C(=O)C(=O)/C(=C(\O)c3ccc4c(c3)CCCO4)C2c2ccccc2)cc1. The fraction of sp³-hybridized carbons (Fsp3) is 0.185. The molecular weight excluding hydrogens is 418 g/mol. The van der Waals surface area contributed by atoms with Crippen molar-refractivity contribution >= 4 is 23.1 Å². The standard InChI is InChI=1S/C27H23NO5/c1-32-21-12-10-20(11-13-21)28-24(17-6-3-2-4-7-17)23(26(30)27(28)31)25(29)19-9-14-22-18(16-19)8-5-15-33-22/h2-4,6-7,9-14,16,24,29H,5,8,15H2,1H3/b25-23-. The predicted molar refractivity (Wildman–Crippen MR) is 124 cm³/mol. The molecule has 166 valence electrons. The van der Waals surface area contributed by atoms with E-state index in [4.69, 9.17) is 9.47 Å². The average molecular weight is 441 g/mol. The van der Waals surface area contributed by atoms with E-state index in [1.165, 1.54) is 4.90 Å². The molecule has 0 spiro atoms. The molecule has 2 aliphatic rings. The monoisotopic (exact) mass is 441 g/mol. The van der Waals surface area contributed by atoms with Gasteiger partial charge in [0.1, 0.15) is 17.3 Å². The first-order chi connectivity index (χ1) is 16.1. The van der Waals surface area contributed by atoms with Crippen LogP contribution in [0.4, 0.5) is 5.69 Å². The van der Waals surface area contributed by atoms with Crippen molar-refractivity contribution in [1.29, 1.82) is 0 Å². The van der Waals surface area contributed by atoms with Gasteiger partial charge >= 0.3 is 0 Å². The number of ketones is 1. The van der Waals surface area contributed by atoms with Gasteiger partial charge in [-0.05, 0) is 66.4 Å². The van der Waals surface area contributed by atoms with Crippen molar-refractivity contribution in [3.63, 3.8) is 0 Å². The summed E-state index contributed by atoms with van der Waals surface area (Å²) in [6.07, 6.45) is 1.72. The van der Waals surface area contributed by atoms with Gasteiger partial charge in [0.25, 0.3) is 11.7 Å². The van der Waals surface area contributed by atoms with E-state index in [-0.39, 0.29) is 11.3 Å². The zero-order valence-corrected chi connectivity index (χ0v) is 18.2. The summed E-state index contributed by atoms with van der Waals surface area (Å²) in [6.45, 7) is 0.666. The molecule has 5 rings (SSSR count). The van der Waals surface area contributed by atoms with Crippen LogP contribution in [0.15, 0.2) is 78.4 Å². The summed E-state index contributed by atoms with van der Waals surface area (Å²) in [5.41, 5.74) is 2.82. The van der Waals surface area contributed by atoms with E-state index in [1.807, 2.05) is 36.4 Å². The maximum Gasteiger partial charge on any atom is 0.300 e. The molecule has 1 saturated heterocycles. The third-order valence-electron chi connectivity index (χ3n) is 6.09. The maximum absolute atomic E-state index is 13.2. The molecule has 0 bridgehead atoms. The lowest BCUT2D eigenvalue weighted by atomic mass is 9.94. The molecule has 2 aliphatic heterocycles. The van der Waals surface area contributed by atoms with E-state index < -0.39 is 17.7 Å². The number of Topliss-reactive ketones (excluding diaryl/α,β-unsaturated/α-hetero) is 1. The number of amides is 1. The van der Waals surface area contributed by atoms with Gasteiger partial charge in [0.05, 0.1) is 25.3 Å². The fourth-order valence-electron chi connectivity index (χ4n) is 4.46. The number of fused-ring (bicyclic) bond motifs is 1. The van der Waals surface area contributed by atoms with Crippen molar-refractivity contribution in [3.8, 4) is 11.5 Å². The van der Waals surface area contributed by atoms with E-state index >= 15 is 0 Å². The molecule has 1 unspecified atom stereocenters. The molecule has 1 amide bonds. The zero-order valence-electron chi connectivity index (χ0n) is 18.2. The molecule has 0 aliphatic carbocycles. The summed E-state index contributed by atoms with van der Waals surface area (Å²) < 4.78 is 10.9. The minimum absolute atomic E-state index is 0.0682. The van der Waals surface area contributed by atoms with E-state index in [2.05, 4.69) is 0 Å². The molecule has 2 heterocycles. The van der Waals surface area contributed by atoms with Crippen LogP contribution in [-0.2, 0) is 16.0 Å². The summed E-state index contributed by atoms with van der Waals surface area (Å²) in [6, 6.07) is 20.8. The minimum Gasteiger partial charge on any atom is -0.507 e. The van der Waals surface area contributed by atoms with Gasteiger partial charge in [-0.3, -0.25) is 14.5 Å². The summed E-state index contributed by atoms with van der Waals surface area (Å²) in [7, 11) is 1.56. The van der Waals surface area contributed by atoms with Crippen LogP contribution in [-0.4, -0.2) is 30.5 Å². The lowest BCUT2D eigenvalue weighted by Crippen LogP contribution is -2.29. The van der Waals surface area contributed by atoms with Crippen molar-refractivity contribution in [3.05, 3.63) is 95.1 Å². The molecule has 0 saturated carbocycles. The highest BCUT2D eigenvalue weighted by Gasteiger charge is 2.47. The molecule has 1 N–H and O–H groups in total. The average Bonchev–Trinajstić information content (AvgIpc) is 3.14. The Kier molecular flexibility index (Phi) is 5.34. The molecular formula is C27H23NO5. The Bertz CT molecular complexity index is 1250. The number of hydrogen-bond acceptors (Lipinski definition) is 5. The van der Waals surface area contributed by atoms with Crippen LogP contribution < -0.4 is 14.4 Å². The van der Waals surface area contributed by atoms with Crippen molar-refractivity contribution < 1.29 is 24.2 Å². The Hall–Kier alpha value is -4.06. The second kappa shape index (κ2) is 8.47. The molecule has 1 fully saturated rings. The quantitative estimate of drug-likeness (QED) is 0.362. The first kappa shape index (κ1) is 20.8. The predicted octanol–water partition coefficient (Wildman–Crippen LogP) is 4.65. The third kappa shape index (κ3) is 3.63. The Morgan fingerprint density at radius 3 is 2.52 bits per heavy atom. The number of aliphatic hydroxyl groups excluding tert-OH is 1. The molecule has 33 heavy (non-hydrogen) atoms. The molecule has 3 aromatic rings. The Morgan fingerprint density at radius 1 is 1.03 bits per heavy atom. The second-order valence-electron chi connectivity index (χ2n) is 8.05.